The van der Waals surface area contributed by atoms with Crippen LogP contribution < -0.4 is 0 Å². The second-order valence-electron chi connectivity index (χ2n) is 2.29. The topological polar surface area (TPSA) is 37.3 Å². The monoisotopic (exact) mass is 252 g/mol. The third kappa shape index (κ3) is 4.61. The lowest BCUT2D eigenvalue weighted by molar-refractivity contribution is -0.137. The number of halogens is 4. The molecule has 0 bridgehead atoms. The number of alkyl halides is 4. The Morgan fingerprint density at radius 2 is 2.00 bits per heavy atom. The Labute approximate surface area is 90.7 Å². The first kappa shape index (κ1) is 12.6. The summed E-state index contributed by atoms with van der Waals surface area (Å²) in [6, 6.07) is 0. The molecule has 0 saturated heterocycles. The average molecular weight is 254 g/mol. The predicted octanol–water partition coefficient (Wildman–Crippen LogP) is 2.87. The van der Waals surface area contributed by atoms with Gasteiger partial charge in [0.15, 0.2) is 0 Å². The molecule has 0 aliphatic rings. The van der Waals surface area contributed by atoms with E-state index in [4.69, 9.17) is 51.5 Å². The van der Waals surface area contributed by atoms with E-state index in [0.29, 0.717) is 0 Å². The van der Waals surface area contributed by atoms with Crippen molar-refractivity contribution in [2.75, 3.05) is 5.88 Å². The summed E-state index contributed by atoms with van der Waals surface area (Å²) in [5.41, 5.74) is 0. The van der Waals surface area contributed by atoms with Crippen LogP contribution in [0.5, 0.6) is 0 Å². The van der Waals surface area contributed by atoms with Gasteiger partial charge >= 0.3 is 5.97 Å². The van der Waals surface area contributed by atoms with Gasteiger partial charge in [-0.2, -0.15) is 0 Å². The maximum atomic E-state index is 10.1. The minimum atomic E-state index is -1.25. The van der Waals surface area contributed by atoms with Gasteiger partial charge in [0.2, 0.25) is 0 Å². The van der Waals surface area contributed by atoms with E-state index in [1.165, 1.54) is 0 Å². The first-order valence-electron chi connectivity index (χ1n) is 3.20. The van der Waals surface area contributed by atoms with Crippen LogP contribution in [0.2, 0.25) is 0 Å². The molecule has 0 aromatic rings. The van der Waals surface area contributed by atoms with Crippen LogP contribution >= 0.6 is 46.4 Å². The molecule has 72 valence electrons. The first-order chi connectivity index (χ1) is 5.40. The summed E-state index contributed by atoms with van der Waals surface area (Å²) in [4.78, 5) is 10.1. The van der Waals surface area contributed by atoms with Crippen molar-refractivity contribution in [3.63, 3.8) is 0 Å². The van der Waals surface area contributed by atoms with E-state index < -0.39 is 15.7 Å². The molecule has 0 fully saturated rings. The number of rotatable bonds is 5. The zero-order valence-electron chi connectivity index (χ0n) is 6.07. The predicted molar refractivity (Wildman–Crippen MR) is 51.7 cm³/mol. The number of aliphatic carboxylic acids is 1. The Bertz CT molecular complexity index is 160. The molecule has 0 aliphatic heterocycles. The van der Waals surface area contributed by atoms with E-state index >= 15 is 0 Å². The minimum Gasteiger partial charge on any atom is -0.481 e. The largest absolute Gasteiger partial charge is 0.481 e. The molecule has 0 aliphatic carbocycles. The fourth-order valence-corrected chi connectivity index (χ4v) is 1.21. The maximum Gasteiger partial charge on any atom is 0.303 e. The van der Waals surface area contributed by atoms with Gasteiger partial charge in [0.25, 0.3) is 0 Å². The molecule has 0 spiro atoms. The van der Waals surface area contributed by atoms with Gasteiger partial charge in [-0.3, -0.25) is 4.79 Å². The van der Waals surface area contributed by atoms with Crippen LogP contribution in [0.1, 0.15) is 12.8 Å². The van der Waals surface area contributed by atoms with Crippen LogP contribution in [0.15, 0.2) is 0 Å². The number of hydrogen-bond donors (Lipinski definition) is 1. The lowest BCUT2D eigenvalue weighted by atomic mass is 10.2. The average Bonchev–Trinajstić information content (AvgIpc) is 2.00. The van der Waals surface area contributed by atoms with E-state index in [1.807, 2.05) is 0 Å². The molecule has 0 aromatic heterocycles. The van der Waals surface area contributed by atoms with Crippen molar-refractivity contribution in [2.45, 2.75) is 22.6 Å². The van der Waals surface area contributed by atoms with Crippen LogP contribution in [-0.4, -0.2) is 26.7 Å². The van der Waals surface area contributed by atoms with Crippen LogP contribution in [0, 0.1) is 0 Å². The highest BCUT2D eigenvalue weighted by Gasteiger charge is 2.32. The third-order valence-corrected chi connectivity index (χ3v) is 3.55. The van der Waals surface area contributed by atoms with E-state index in [2.05, 4.69) is 0 Å². The molecule has 1 unspecified atom stereocenters. The number of carboxylic acid groups (broad SMARTS) is 1. The van der Waals surface area contributed by atoms with Crippen molar-refractivity contribution in [3.8, 4) is 0 Å². The lowest BCUT2D eigenvalue weighted by Gasteiger charge is -2.21. The van der Waals surface area contributed by atoms with Gasteiger partial charge in [-0.05, 0) is 6.42 Å². The summed E-state index contributed by atoms with van der Waals surface area (Å²) in [5.74, 6) is -0.955. The Morgan fingerprint density at radius 1 is 1.50 bits per heavy atom. The van der Waals surface area contributed by atoms with Crippen molar-refractivity contribution in [3.05, 3.63) is 0 Å². The van der Waals surface area contributed by atoms with E-state index in [0.717, 1.165) is 0 Å². The molecule has 0 aromatic carbocycles. The standard InChI is InChI=1S/C6H8Cl4O2/c7-3-6(9,10)4(8)1-2-5(11)12/h4H,1-3H2,(H,11,12). The van der Waals surface area contributed by atoms with Gasteiger partial charge in [-0.1, -0.05) is 23.2 Å². The fraction of sp³-hybridized carbons (Fsp3) is 0.833. The smallest absolute Gasteiger partial charge is 0.303 e. The zero-order chi connectivity index (χ0) is 9.78. The van der Waals surface area contributed by atoms with Crippen LogP contribution in [-0.2, 0) is 4.79 Å². The van der Waals surface area contributed by atoms with Gasteiger partial charge < -0.3 is 5.11 Å². The Morgan fingerprint density at radius 3 is 2.33 bits per heavy atom. The Balaban J connectivity index is 3.86. The normalized spacial score (nSPS) is 14.3. The quantitative estimate of drug-likeness (QED) is 0.766. The van der Waals surface area contributed by atoms with Gasteiger partial charge in [-0.25, -0.2) is 0 Å². The lowest BCUT2D eigenvalue weighted by Crippen LogP contribution is -2.28. The summed E-state index contributed by atoms with van der Waals surface area (Å²) >= 11 is 22.4. The highest BCUT2D eigenvalue weighted by Crippen LogP contribution is 2.33. The summed E-state index contributed by atoms with van der Waals surface area (Å²) in [5, 5.41) is 7.68. The summed E-state index contributed by atoms with van der Waals surface area (Å²) in [6.07, 6.45) is 0.142. The molecule has 1 atom stereocenters. The maximum absolute atomic E-state index is 10.1. The number of carbonyl (C=O) groups is 1. The van der Waals surface area contributed by atoms with Crippen molar-refractivity contribution >= 4 is 52.4 Å². The van der Waals surface area contributed by atoms with Crippen molar-refractivity contribution in [1.29, 1.82) is 0 Å². The molecule has 0 rings (SSSR count). The van der Waals surface area contributed by atoms with Gasteiger partial charge in [0.05, 0.1) is 11.3 Å². The fourth-order valence-electron chi connectivity index (χ4n) is 0.545. The number of hydrogen-bond acceptors (Lipinski definition) is 1. The molecule has 1 N–H and O–H groups in total. The molecule has 6 heteroatoms. The SMILES string of the molecule is O=C(O)CCC(Cl)C(Cl)(Cl)CCl. The second-order valence-corrected chi connectivity index (χ2v) is 4.63. The van der Waals surface area contributed by atoms with E-state index in [-0.39, 0.29) is 18.7 Å². The van der Waals surface area contributed by atoms with E-state index in [1.54, 1.807) is 0 Å². The third-order valence-electron chi connectivity index (χ3n) is 1.25. The van der Waals surface area contributed by atoms with Crippen LogP contribution in [0.3, 0.4) is 0 Å². The molecule has 0 amide bonds. The van der Waals surface area contributed by atoms with Crippen molar-refractivity contribution in [2.24, 2.45) is 0 Å². The highest BCUT2D eigenvalue weighted by atomic mass is 35.5. The van der Waals surface area contributed by atoms with Crippen LogP contribution in [0.4, 0.5) is 0 Å². The Hall–Kier alpha value is 0.630. The summed E-state index contributed by atoms with van der Waals surface area (Å²) in [6.45, 7) is 0. The number of carboxylic acids is 1. The molecule has 2 nitrogen and oxygen atoms in total. The Kier molecular flexibility index (Phi) is 5.66. The molecule has 12 heavy (non-hydrogen) atoms. The molecule has 0 saturated carbocycles. The van der Waals surface area contributed by atoms with Gasteiger partial charge in [-0.15, -0.1) is 23.2 Å². The van der Waals surface area contributed by atoms with Crippen molar-refractivity contribution < 1.29 is 9.90 Å². The molecule has 0 heterocycles. The van der Waals surface area contributed by atoms with Gasteiger partial charge in [0, 0.05) is 6.42 Å². The van der Waals surface area contributed by atoms with Gasteiger partial charge in [0.1, 0.15) is 4.33 Å². The second kappa shape index (κ2) is 5.38. The van der Waals surface area contributed by atoms with Crippen molar-refractivity contribution in [1.82, 2.24) is 0 Å². The molecule has 0 radical (unpaired) electrons. The summed E-state index contributed by atoms with van der Waals surface area (Å²) in [7, 11) is 0. The summed E-state index contributed by atoms with van der Waals surface area (Å²) < 4.78 is -1.25. The zero-order valence-corrected chi connectivity index (χ0v) is 9.09. The first-order valence-corrected chi connectivity index (χ1v) is 4.92. The molecular formula is C6H8Cl4O2. The van der Waals surface area contributed by atoms with E-state index in [9.17, 15) is 4.79 Å². The molecular weight excluding hydrogens is 246 g/mol. The minimum absolute atomic E-state index is 0.0239. The van der Waals surface area contributed by atoms with Crippen LogP contribution in [0.25, 0.3) is 0 Å². The highest BCUT2D eigenvalue weighted by molar-refractivity contribution is 6.55.